The standard InChI is InChI=1S/C24H16NO.Ir/c1-16-12-13-25-22(14-16)17-10-11-21-19-7-3-2-6-18(19)20-8-4-5-9-23(20)26-24(21)15-17;/h2-9,11-15H,1H3;/q-1;. The van der Waals surface area contributed by atoms with Gasteiger partial charge in [0.15, 0.2) is 0 Å². The van der Waals surface area contributed by atoms with Crippen molar-refractivity contribution in [3.8, 4) is 45.0 Å². The largest absolute Gasteiger partial charge is 0.476 e. The van der Waals surface area contributed by atoms with Gasteiger partial charge in [-0.25, -0.2) is 0 Å². The molecule has 133 valence electrons. The van der Waals surface area contributed by atoms with Gasteiger partial charge in [-0.15, -0.1) is 17.7 Å². The third-order valence-corrected chi connectivity index (χ3v) is 4.72. The van der Waals surface area contributed by atoms with Gasteiger partial charge in [-0.2, -0.15) is 0 Å². The summed E-state index contributed by atoms with van der Waals surface area (Å²) in [7, 11) is 0. The van der Waals surface area contributed by atoms with Gasteiger partial charge in [0.05, 0.1) is 5.75 Å². The van der Waals surface area contributed by atoms with Gasteiger partial charge in [0.2, 0.25) is 0 Å². The molecule has 27 heavy (non-hydrogen) atoms. The maximum absolute atomic E-state index is 6.33. The monoisotopic (exact) mass is 527 g/mol. The molecule has 2 nitrogen and oxygen atoms in total. The summed E-state index contributed by atoms with van der Waals surface area (Å²) in [5, 5.41) is 0. The zero-order chi connectivity index (χ0) is 17.5. The summed E-state index contributed by atoms with van der Waals surface area (Å²) < 4.78 is 6.33. The number of para-hydroxylation sites is 1. The molecule has 0 atom stereocenters. The summed E-state index contributed by atoms with van der Waals surface area (Å²) in [6, 6.07) is 28.1. The van der Waals surface area contributed by atoms with E-state index in [1.54, 1.807) is 0 Å². The summed E-state index contributed by atoms with van der Waals surface area (Å²) in [6.45, 7) is 2.07. The Balaban J connectivity index is 0.00000180. The van der Waals surface area contributed by atoms with Crippen molar-refractivity contribution < 1.29 is 24.8 Å². The summed E-state index contributed by atoms with van der Waals surface area (Å²) in [4.78, 5) is 4.48. The fourth-order valence-corrected chi connectivity index (χ4v) is 3.45. The van der Waals surface area contributed by atoms with E-state index in [-0.39, 0.29) is 20.1 Å². The van der Waals surface area contributed by atoms with Crippen LogP contribution in [0, 0.1) is 13.0 Å². The van der Waals surface area contributed by atoms with Gasteiger partial charge in [0.25, 0.3) is 0 Å². The van der Waals surface area contributed by atoms with Crippen LogP contribution in [0.4, 0.5) is 0 Å². The van der Waals surface area contributed by atoms with Crippen LogP contribution in [-0.2, 0) is 20.1 Å². The number of benzene rings is 3. The quantitative estimate of drug-likeness (QED) is 0.240. The van der Waals surface area contributed by atoms with Crippen LogP contribution in [0.2, 0.25) is 0 Å². The molecule has 4 aromatic rings. The van der Waals surface area contributed by atoms with Gasteiger partial charge in [0.1, 0.15) is 5.75 Å². The number of pyridine rings is 1. The molecular weight excluding hydrogens is 510 g/mol. The molecule has 5 rings (SSSR count). The van der Waals surface area contributed by atoms with Crippen molar-refractivity contribution in [1.29, 1.82) is 0 Å². The van der Waals surface area contributed by atoms with Crippen LogP contribution in [0.25, 0.3) is 33.5 Å². The summed E-state index contributed by atoms with van der Waals surface area (Å²) in [5.74, 6) is 1.70. The predicted molar refractivity (Wildman–Crippen MR) is 104 cm³/mol. The van der Waals surface area contributed by atoms with Crippen LogP contribution in [0.3, 0.4) is 0 Å². The molecule has 2 heterocycles. The van der Waals surface area contributed by atoms with Crippen molar-refractivity contribution in [2.24, 2.45) is 0 Å². The third kappa shape index (κ3) is 3.10. The smallest absolute Gasteiger partial charge is 0.132 e. The van der Waals surface area contributed by atoms with Crippen LogP contribution < -0.4 is 4.74 Å². The van der Waals surface area contributed by atoms with E-state index < -0.39 is 0 Å². The molecule has 1 radical (unpaired) electrons. The van der Waals surface area contributed by atoms with E-state index in [4.69, 9.17) is 4.74 Å². The first-order valence-corrected chi connectivity index (χ1v) is 8.65. The second kappa shape index (κ2) is 7.11. The third-order valence-electron chi connectivity index (χ3n) is 4.72. The van der Waals surface area contributed by atoms with Gasteiger partial charge in [-0.3, -0.25) is 0 Å². The molecule has 0 unspecified atom stereocenters. The molecule has 0 amide bonds. The number of aryl methyl sites for hydroxylation is 1. The minimum Gasteiger partial charge on any atom is -0.476 e. The summed E-state index contributed by atoms with van der Waals surface area (Å²) in [5.41, 5.74) is 7.51. The van der Waals surface area contributed by atoms with Gasteiger partial charge >= 0.3 is 0 Å². The van der Waals surface area contributed by atoms with E-state index in [0.29, 0.717) is 0 Å². The van der Waals surface area contributed by atoms with Crippen LogP contribution >= 0.6 is 0 Å². The van der Waals surface area contributed by atoms with Gasteiger partial charge in [-0.1, -0.05) is 65.7 Å². The second-order valence-corrected chi connectivity index (χ2v) is 6.49. The van der Waals surface area contributed by atoms with Crippen molar-refractivity contribution in [1.82, 2.24) is 4.98 Å². The molecule has 0 saturated carbocycles. The van der Waals surface area contributed by atoms with Gasteiger partial charge in [0, 0.05) is 31.9 Å². The Bertz CT molecular complexity index is 1140. The number of aromatic nitrogens is 1. The van der Waals surface area contributed by atoms with Crippen LogP contribution in [0.5, 0.6) is 11.5 Å². The molecular formula is C24H16IrNO-. The Kier molecular flexibility index (Phi) is 4.65. The Morgan fingerprint density at radius 1 is 0.778 bits per heavy atom. The fourth-order valence-electron chi connectivity index (χ4n) is 3.45. The molecule has 0 bridgehead atoms. The molecule has 0 N–H and O–H groups in total. The number of nitrogens with zero attached hydrogens (tertiary/aromatic N) is 1. The molecule has 1 aliphatic heterocycles. The first-order valence-electron chi connectivity index (χ1n) is 8.65. The number of hydrogen-bond donors (Lipinski definition) is 0. The molecule has 0 aliphatic carbocycles. The number of rotatable bonds is 1. The van der Waals surface area contributed by atoms with Crippen molar-refractivity contribution >= 4 is 0 Å². The van der Waals surface area contributed by atoms with E-state index in [9.17, 15) is 0 Å². The average Bonchev–Trinajstić information content (AvgIpc) is 2.82. The molecule has 1 aliphatic rings. The predicted octanol–water partition coefficient (Wildman–Crippen LogP) is 6.29. The summed E-state index contributed by atoms with van der Waals surface area (Å²) in [6.07, 6.45) is 1.83. The number of fused-ring (bicyclic) bond motifs is 5. The Hall–Kier alpha value is -2.74. The van der Waals surface area contributed by atoms with E-state index in [1.807, 2.05) is 42.6 Å². The van der Waals surface area contributed by atoms with E-state index in [2.05, 4.69) is 54.4 Å². The van der Waals surface area contributed by atoms with Crippen molar-refractivity contribution in [3.05, 3.63) is 90.6 Å². The molecule has 0 fully saturated rings. The zero-order valence-corrected chi connectivity index (χ0v) is 17.1. The van der Waals surface area contributed by atoms with Gasteiger partial charge < -0.3 is 9.72 Å². The number of hydrogen-bond acceptors (Lipinski definition) is 2. The Morgan fingerprint density at radius 2 is 1.48 bits per heavy atom. The summed E-state index contributed by atoms with van der Waals surface area (Å²) >= 11 is 0. The van der Waals surface area contributed by atoms with Gasteiger partial charge in [-0.05, 0) is 35.9 Å². The molecule has 3 heteroatoms. The van der Waals surface area contributed by atoms with Crippen LogP contribution in [0.1, 0.15) is 5.56 Å². The Labute approximate surface area is 172 Å². The van der Waals surface area contributed by atoms with E-state index in [1.165, 1.54) is 11.1 Å². The minimum absolute atomic E-state index is 0. The maximum atomic E-state index is 6.33. The van der Waals surface area contributed by atoms with Crippen LogP contribution in [-0.4, -0.2) is 4.98 Å². The van der Waals surface area contributed by atoms with Crippen molar-refractivity contribution in [2.45, 2.75) is 6.92 Å². The SMILES string of the molecule is Cc1ccnc(-c2[c-]cc3c(c2)Oc2ccccc2-c2ccccc2-3)c1.[Ir]. The first kappa shape index (κ1) is 17.7. The number of ether oxygens (including phenoxy) is 1. The second-order valence-electron chi connectivity index (χ2n) is 6.49. The fraction of sp³-hybridized carbons (Fsp3) is 0.0417. The van der Waals surface area contributed by atoms with Crippen molar-refractivity contribution in [3.63, 3.8) is 0 Å². The van der Waals surface area contributed by atoms with Crippen molar-refractivity contribution in [2.75, 3.05) is 0 Å². The molecule has 3 aromatic carbocycles. The Morgan fingerprint density at radius 3 is 2.26 bits per heavy atom. The maximum Gasteiger partial charge on any atom is 0.132 e. The van der Waals surface area contributed by atoms with E-state index >= 15 is 0 Å². The zero-order valence-electron chi connectivity index (χ0n) is 14.7. The molecule has 1 aromatic heterocycles. The normalized spacial score (nSPS) is 11.1. The van der Waals surface area contributed by atoms with E-state index in [0.717, 1.165) is 39.4 Å². The van der Waals surface area contributed by atoms with Crippen LogP contribution in [0.15, 0.2) is 79.0 Å². The first-order chi connectivity index (χ1) is 12.8. The average molecular weight is 527 g/mol. The molecule has 0 spiro atoms. The molecule has 0 saturated heterocycles. The topological polar surface area (TPSA) is 22.1 Å². The minimum atomic E-state index is 0.